The van der Waals surface area contributed by atoms with E-state index >= 15 is 0 Å². The number of thioether (sulfide) groups is 1. The molecule has 0 spiro atoms. The number of carboxylic acids is 1. The monoisotopic (exact) mass is 1850 g/mol. The van der Waals surface area contributed by atoms with Gasteiger partial charge in [0.25, 0.3) is 23.6 Å². The van der Waals surface area contributed by atoms with E-state index in [1.54, 1.807) is 78.5 Å². The van der Waals surface area contributed by atoms with Gasteiger partial charge in [-0.15, -0.1) is 0 Å². The van der Waals surface area contributed by atoms with Crippen LogP contribution in [0.2, 0.25) is 0 Å². The fourth-order valence-corrected chi connectivity index (χ4v) is 16.3. The number of aliphatic carboxylic acids is 1. The number of amides is 4. The summed E-state index contributed by atoms with van der Waals surface area (Å²) in [6, 6.07) is 127. The predicted molar refractivity (Wildman–Crippen MR) is 548 cm³/mol. The highest BCUT2D eigenvalue weighted by molar-refractivity contribution is 7.98. The molecule has 4 amide bonds. The smallest absolute Gasteiger partial charge is 0.326 e. The van der Waals surface area contributed by atoms with Gasteiger partial charge < -0.3 is 51.0 Å². The van der Waals surface area contributed by atoms with Gasteiger partial charge in [0.2, 0.25) is 0 Å². The predicted octanol–water partition coefficient (Wildman–Crippen LogP) is 19.8. The molecule has 1 aliphatic rings. The van der Waals surface area contributed by atoms with E-state index in [9.17, 15) is 38.4 Å². The first kappa shape index (κ1) is 106. The molecule has 1 aliphatic heterocycles. The van der Waals surface area contributed by atoms with Gasteiger partial charge in [0.15, 0.2) is 17.3 Å². The van der Waals surface area contributed by atoms with Gasteiger partial charge in [-0.2, -0.15) is 11.8 Å². The van der Waals surface area contributed by atoms with Gasteiger partial charge in [0, 0.05) is 41.3 Å². The van der Waals surface area contributed by atoms with Gasteiger partial charge in [-0.05, 0) is 203 Å². The maximum atomic E-state index is 11.9. The van der Waals surface area contributed by atoms with E-state index in [1.165, 1.54) is 73.4 Å². The number of benzene rings is 13. The molecule has 0 radical (unpaired) electrons. The zero-order chi connectivity index (χ0) is 98.2. The Morgan fingerprint density at radius 1 is 0.328 bits per heavy atom. The first-order valence-corrected chi connectivity index (χ1v) is 47.5. The van der Waals surface area contributed by atoms with Gasteiger partial charge >= 0.3 is 5.97 Å². The molecule has 14 aromatic rings. The summed E-state index contributed by atoms with van der Waals surface area (Å²) in [7, 11) is 0. The fraction of sp³-hybridized carbons (Fsp3) is 0.231. The second-order valence-electron chi connectivity index (χ2n) is 33.0. The lowest BCUT2D eigenvalue weighted by molar-refractivity contribution is -0.139. The molecule has 4 unspecified atom stereocenters. The number of carbonyl (C=O) groups excluding carboxylic acids is 7. The average molecular weight is 1860 g/mol. The Hall–Kier alpha value is -14.4. The molecule has 1 saturated heterocycles. The van der Waals surface area contributed by atoms with E-state index in [2.05, 4.69) is 317 Å². The van der Waals surface area contributed by atoms with Crippen molar-refractivity contribution in [3.63, 3.8) is 0 Å². The Kier molecular flexibility index (Phi) is 43.6. The minimum Gasteiger partial charge on any atom is -0.480 e. The highest BCUT2D eigenvalue weighted by Crippen LogP contribution is 2.45. The first-order valence-electron chi connectivity index (χ1n) is 46.1. The minimum atomic E-state index is -0.996. The molecule has 1 fully saturated rings. The van der Waals surface area contributed by atoms with Crippen molar-refractivity contribution in [2.24, 2.45) is 0 Å². The number of carboxylic acid groups (broad SMARTS) is 1. The summed E-state index contributed by atoms with van der Waals surface area (Å²) < 4.78 is 8.84. The van der Waals surface area contributed by atoms with Gasteiger partial charge in [-0.3, -0.25) is 38.5 Å². The van der Waals surface area contributed by atoms with E-state index in [4.69, 9.17) is 25.2 Å². The SMILES string of the molecule is CC(=O)C(CO)NC(=O)c1ccc(C)cc1.CC(=O)C(CO)NC(=O)c1ccc(C)cc1.CC(=O)C(CO)NC(=O)c1ccccc1.CCCOC(c1ccccc1)(c1ccccc1)c1ccccc1.CSCCC(NC(=O)c1ccc(C)cc1)C(=O)O.c1ccc(C(c2ccccc2)(c2ccccc2)N2CCCCC2)cc1.c1ccc(C(c2ccccc2)(c2ccccc2)n2cccc2)cc1. The maximum absolute atomic E-state index is 11.9. The molecule has 0 bridgehead atoms. The lowest BCUT2D eigenvalue weighted by Crippen LogP contribution is -2.50. The van der Waals surface area contributed by atoms with Crippen LogP contribution in [0.4, 0.5) is 0 Å². The molecule has 8 N–H and O–H groups in total. The standard InChI is InChI=1S/C24H25N.C23H19N.C22H22O.C13H17NO3S.2C12H15NO3.C11H13NO3/c1-5-13-21(14-6-1)24(22-15-7-2-8-16-22,23-17-9-3-10-18-23)25-19-11-4-12-20-25;1-4-12-20(13-5-1)23(24-18-10-11-19-24,21-14-6-2-7-15-21)22-16-8-3-9-17-22;1-2-18-23-22(19-12-6-3-7-13-19,20-14-8-4-9-15-20)21-16-10-5-11-17-21;1-9-3-5-10(6-4-9)12(15)14-11(13(16)17)7-8-18-2;2*1-8-3-5-10(6-4-8)12(16)13-11(7-14)9(2)15;1-8(14)10(7-13)12-11(15)9-5-3-2-4-6-9/h1-3,5-10,13-18H,4,11-12,19-20H2;1-19H;3-17H,2,18H2,1H3;3-6,11H,7-8H2,1-2H3,(H,14,15)(H,16,17);2*3-6,11,14H,7H2,1-2H3,(H,13,16);2-6,10,13H,7H2,1H3,(H,12,15). The third-order valence-corrected chi connectivity index (χ3v) is 23.8. The maximum Gasteiger partial charge on any atom is 0.326 e. The van der Waals surface area contributed by atoms with Crippen LogP contribution < -0.4 is 21.3 Å². The zero-order valence-corrected chi connectivity index (χ0v) is 80.0. The second kappa shape index (κ2) is 56.1. The molecular formula is C117H126N6O13S. The Labute approximate surface area is 810 Å². The Bertz CT molecular complexity index is 5550. The number of Topliss-reactive ketones (excluding diaryl/α,β-unsaturated/α-hetero) is 3. The van der Waals surface area contributed by atoms with Crippen LogP contribution in [0.1, 0.15) is 168 Å². The second-order valence-corrected chi connectivity index (χ2v) is 33.9. The molecular weight excluding hydrogens is 1730 g/mol. The molecule has 1 aromatic heterocycles. The van der Waals surface area contributed by atoms with Crippen molar-refractivity contribution in [1.82, 2.24) is 30.7 Å². The number of likely N-dealkylation sites (tertiary alicyclic amines) is 1. The Balaban J connectivity index is 0.000000181. The molecule has 13 aromatic carbocycles. The van der Waals surface area contributed by atoms with Crippen LogP contribution in [0.15, 0.2) is 401 Å². The normalized spacial score (nSPS) is 12.4. The molecule has 4 atom stereocenters. The van der Waals surface area contributed by atoms with Gasteiger partial charge in [0.1, 0.15) is 35.3 Å². The number of aliphatic hydroxyl groups excluding tert-OH is 3. The van der Waals surface area contributed by atoms with E-state index in [0.717, 1.165) is 52.9 Å². The van der Waals surface area contributed by atoms with E-state index < -0.39 is 35.7 Å². The summed E-state index contributed by atoms with van der Waals surface area (Å²) in [5.41, 5.74) is 15.2. The van der Waals surface area contributed by atoms with Crippen molar-refractivity contribution in [2.75, 3.05) is 51.5 Å². The third kappa shape index (κ3) is 30.3. The Morgan fingerprint density at radius 3 is 0.810 bits per heavy atom. The number of piperidine rings is 1. The van der Waals surface area contributed by atoms with Crippen molar-refractivity contribution < 1.29 is 63.5 Å². The molecule has 708 valence electrons. The highest BCUT2D eigenvalue weighted by Gasteiger charge is 2.43. The number of aryl methyl sites for hydroxylation is 3. The van der Waals surface area contributed by atoms with Crippen LogP contribution in [0.3, 0.4) is 0 Å². The number of aromatic nitrogens is 1. The number of nitrogens with zero attached hydrogens (tertiary/aromatic N) is 2. The number of aliphatic hydroxyl groups is 3. The number of nitrogens with one attached hydrogen (secondary N) is 4. The molecule has 15 rings (SSSR count). The lowest BCUT2D eigenvalue weighted by Gasteiger charge is -2.47. The minimum absolute atomic E-state index is 0.218. The van der Waals surface area contributed by atoms with Crippen LogP contribution in [0, 0.1) is 20.8 Å². The largest absolute Gasteiger partial charge is 0.480 e. The fourth-order valence-electron chi connectivity index (χ4n) is 15.9. The van der Waals surface area contributed by atoms with E-state index in [1.807, 2.05) is 81.6 Å². The van der Waals surface area contributed by atoms with Crippen LogP contribution in [-0.2, 0) is 40.6 Å². The van der Waals surface area contributed by atoms with Crippen molar-refractivity contribution >= 4 is 58.7 Å². The van der Waals surface area contributed by atoms with E-state index in [0.29, 0.717) is 41.0 Å². The van der Waals surface area contributed by atoms with Crippen molar-refractivity contribution in [3.05, 3.63) is 490 Å². The number of hydrogen-bond donors (Lipinski definition) is 8. The summed E-state index contributed by atoms with van der Waals surface area (Å²) in [6.07, 6.45) is 11.5. The van der Waals surface area contributed by atoms with Crippen LogP contribution >= 0.6 is 11.8 Å². The zero-order valence-electron chi connectivity index (χ0n) is 79.2. The number of rotatable bonds is 32. The first-order chi connectivity index (χ1) is 66.5. The topological polar surface area (TPSA) is 283 Å². The quantitative estimate of drug-likeness (QED) is 0.0182. The highest BCUT2D eigenvalue weighted by atomic mass is 32.2. The Morgan fingerprint density at radius 2 is 0.569 bits per heavy atom. The molecule has 0 aliphatic carbocycles. The van der Waals surface area contributed by atoms with Crippen LogP contribution in [0.25, 0.3) is 0 Å². The number of hydrogen-bond acceptors (Lipinski definition) is 14. The third-order valence-electron chi connectivity index (χ3n) is 23.2. The summed E-state index contributed by atoms with van der Waals surface area (Å²) in [4.78, 5) is 93.4. The molecule has 137 heavy (non-hydrogen) atoms. The summed E-state index contributed by atoms with van der Waals surface area (Å²) in [6.45, 7) is 13.7. The van der Waals surface area contributed by atoms with E-state index in [-0.39, 0.29) is 71.9 Å². The van der Waals surface area contributed by atoms with Crippen molar-refractivity contribution in [1.29, 1.82) is 0 Å². The number of ketones is 3. The van der Waals surface area contributed by atoms with Gasteiger partial charge in [-0.1, -0.05) is 358 Å². The summed E-state index contributed by atoms with van der Waals surface area (Å²) in [5, 5.41) is 45.6. The average Bonchev–Trinajstić information content (AvgIpc) is 1.29. The van der Waals surface area contributed by atoms with Gasteiger partial charge in [-0.25, -0.2) is 4.79 Å². The summed E-state index contributed by atoms with van der Waals surface area (Å²) in [5.74, 6) is -2.49. The number of ether oxygens (including phenoxy) is 1. The van der Waals surface area contributed by atoms with Crippen molar-refractivity contribution in [3.8, 4) is 0 Å². The molecule has 2 heterocycles. The van der Waals surface area contributed by atoms with Crippen LogP contribution in [0.5, 0.6) is 0 Å². The van der Waals surface area contributed by atoms with Gasteiger partial charge in [0.05, 0.1) is 25.4 Å². The molecule has 20 heteroatoms. The summed E-state index contributed by atoms with van der Waals surface area (Å²) >= 11 is 1.56. The molecule has 19 nitrogen and oxygen atoms in total. The van der Waals surface area contributed by atoms with Crippen molar-refractivity contribution in [2.45, 2.75) is 121 Å². The number of carbonyl (C=O) groups is 8. The van der Waals surface area contributed by atoms with Crippen LogP contribution in [-0.4, -0.2) is 153 Å². The lowest BCUT2D eigenvalue weighted by atomic mass is 9.75. The molecule has 0 saturated carbocycles.